The standard InChI is InChI=1S/C14H11Cl2NO/c15-11-5-3-6-12(16)10(11)8-14(18)9-4-1-2-7-13(9)17/h1-7H,8,17H2. The summed E-state index contributed by atoms with van der Waals surface area (Å²) in [4.78, 5) is 12.1. The fourth-order valence-corrected chi connectivity index (χ4v) is 2.24. The molecule has 0 aliphatic rings. The molecule has 0 heterocycles. The van der Waals surface area contributed by atoms with Crippen molar-refractivity contribution >= 4 is 34.7 Å². The molecule has 18 heavy (non-hydrogen) atoms. The molecule has 2 aromatic carbocycles. The second-order valence-corrected chi connectivity index (χ2v) is 4.70. The normalized spacial score (nSPS) is 10.3. The second kappa shape index (κ2) is 5.42. The molecule has 0 fully saturated rings. The van der Waals surface area contributed by atoms with Crippen molar-refractivity contribution in [2.45, 2.75) is 6.42 Å². The van der Waals surface area contributed by atoms with Crippen LogP contribution in [0.2, 0.25) is 10.0 Å². The third-order valence-electron chi connectivity index (χ3n) is 2.66. The van der Waals surface area contributed by atoms with Crippen molar-refractivity contribution in [2.75, 3.05) is 5.73 Å². The SMILES string of the molecule is Nc1ccccc1C(=O)Cc1c(Cl)cccc1Cl. The van der Waals surface area contributed by atoms with E-state index in [-0.39, 0.29) is 12.2 Å². The van der Waals surface area contributed by atoms with Crippen molar-refractivity contribution in [1.29, 1.82) is 0 Å². The zero-order valence-electron chi connectivity index (χ0n) is 9.49. The van der Waals surface area contributed by atoms with Crippen LogP contribution in [0.4, 0.5) is 5.69 Å². The average molecular weight is 280 g/mol. The highest BCUT2D eigenvalue weighted by molar-refractivity contribution is 6.36. The first kappa shape index (κ1) is 12.9. The highest BCUT2D eigenvalue weighted by Crippen LogP contribution is 2.26. The third-order valence-corrected chi connectivity index (χ3v) is 3.37. The van der Waals surface area contributed by atoms with Gasteiger partial charge in [-0.25, -0.2) is 0 Å². The van der Waals surface area contributed by atoms with Crippen LogP contribution in [0.5, 0.6) is 0 Å². The number of hydrogen-bond donors (Lipinski definition) is 1. The van der Waals surface area contributed by atoms with Crippen LogP contribution in [-0.2, 0) is 6.42 Å². The van der Waals surface area contributed by atoms with Gasteiger partial charge in [0.25, 0.3) is 0 Å². The van der Waals surface area contributed by atoms with Crippen LogP contribution in [0.1, 0.15) is 15.9 Å². The smallest absolute Gasteiger partial charge is 0.169 e. The molecule has 0 bridgehead atoms. The van der Waals surface area contributed by atoms with E-state index in [1.807, 2.05) is 0 Å². The van der Waals surface area contributed by atoms with Gasteiger partial charge in [0, 0.05) is 27.7 Å². The second-order valence-electron chi connectivity index (χ2n) is 3.89. The largest absolute Gasteiger partial charge is 0.398 e. The lowest BCUT2D eigenvalue weighted by molar-refractivity contribution is 0.0994. The molecule has 0 aromatic heterocycles. The van der Waals surface area contributed by atoms with Crippen molar-refractivity contribution in [3.05, 3.63) is 63.6 Å². The fourth-order valence-electron chi connectivity index (χ4n) is 1.71. The molecule has 2 rings (SSSR count). The van der Waals surface area contributed by atoms with Gasteiger partial charge in [-0.2, -0.15) is 0 Å². The number of carbonyl (C=O) groups excluding carboxylic acids is 1. The van der Waals surface area contributed by atoms with E-state index < -0.39 is 0 Å². The minimum Gasteiger partial charge on any atom is -0.398 e. The molecule has 4 heteroatoms. The Balaban J connectivity index is 2.30. The molecule has 2 aromatic rings. The van der Waals surface area contributed by atoms with E-state index in [0.717, 1.165) is 0 Å². The van der Waals surface area contributed by atoms with Crippen LogP contribution in [0, 0.1) is 0 Å². The zero-order valence-corrected chi connectivity index (χ0v) is 11.0. The molecule has 0 amide bonds. The summed E-state index contributed by atoms with van der Waals surface area (Å²) in [6, 6.07) is 12.1. The predicted molar refractivity (Wildman–Crippen MR) is 75.4 cm³/mol. The minimum absolute atomic E-state index is 0.0944. The topological polar surface area (TPSA) is 43.1 Å². The lowest BCUT2D eigenvalue weighted by atomic mass is 10.0. The van der Waals surface area contributed by atoms with Gasteiger partial charge in [-0.3, -0.25) is 4.79 Å². The highest BCUT2D eigenvalue weighted by Gasteiger charge is 2.14. The van der Waals surface area contributed by atoms with Crippen molar-refractivity contribution < 1.29 is 4.79 Å². The van der Waals surface area contributed by atoms with E-state index in [4.69, 9.17) is 28.9 Å². The Bertz CT molecular complexity index is 576. The summed E-state index contributed by atoms with van der Waals surface area (Å²) in [5.74, 6) is -0.0944. The first-order valence-electron chi connectivity index (χ1n) is 5.40. The molecule has 0 radical (unpaired) electrons. The predicted octanol–water partition coefficient (Wildman–Crippen LogP) is 4.00. The molecule has 0 spiro atoms. The first-order chi connectivity index (χ1) is 8.59. The number of nitrogens with two attached hydrogens (primary N) is 1. The van der Waals surface area contributed by atoms with Crippen LogP contribution < -0.4 is 5.73 Å². The summed E-state index contributed by atoms with van der Waals surface area (Å²) in [7, 11) is 0. The van der Waals surface area contributed by atoms with E-state index >= 15 is 0 Å². The third kappa shape index (κ3) is 2.66. The Labute approximate surface area is 115 Å². The molecular formula is C14H11Cl2NO. The Morgan fingerprint density at radius 1 is 1.00 bits per heavy atom. The maximum Gasteiger partial charge on any atom is 0.169 e. The summed E-state index contributed by atoms with van der Waals surface area (Å²) >= 11 is 12.1. The van der Waals surface area contributed by atoms with Gasteiger partial charge in [0.2, 0.25) is 0 Å². The number of carbonyl (C=O) groups is 1. The summed E-state index contributed by atoms with van der Waals surface area (Å²) < 4.78 is 0. The van der Waals surface area contributed by atoms with E-state index in [0.29, 0.717) is 26.9 Å². The molecule has 0 aliphatic heterocycles. The summed E-state index contributed by atoms with van der Waals surface area (Å²) in [6.45, 7) is 0. The maximum absolute atomic E-state index is 12.1. The molecule has 0 unspecified atom stereocenters. The van der Waals surface area contributed by atoms with E-state index in [9.17, 15) is 4.79 Å². The van der Waals surface area contributed by atoms with Gasteiger partial charge in [-0.15, -0.1) is 0 Å². The Morgan fingerprint density at radius 3 is 2.22 bits per heavy atom. The molecule has 2 nitrogen and oxygen atoms in total. The Morgan fingerprint density at radius 2 is 1.61 bits per heavy atom. The van der Waals surface area contributed by atoms with Crippen LogP contribution in [0.15, 0.2) is 42.5 Å². The van der Waals surface area contributed by atoms with Crippen LogP contribution in [-0.4, -0.2) is 5.78 Å². The monoisotopic (exact) mass is 279 g/mol. The van der Waals surface area contributed by atoms with Crippen LogP contribution in [0.25, 0.3) is 0 Å². The van der Waals surface area contributed by atoms with Gasteiger partial charge in [0.1, 0.15) is 0 Å². The quantitative estimate of drug-likeness (QED) is 0.682. The van der Waals surface area contributed by atoms with Gasteiger partial charge in [-0.1, -0.05) is 41.4 Å². The van der Waals surface area contributed by atoms with Crippen molar-refractivity contribution in [3.8, 4) is 0 Å². The number of ketones is 1. The Kier molecular flexibility index (Phi) is 3.90. The van der Waals surface area contributed by atoms with Gasteiger partial charge in [0.15, 0.2) is 5.78 Å². The zero-order chi connectivity index (χ0) is 13.1. The number of benzene rings is 2. The minimum atomic E-state index is -0.0944. The van der Waals surface area contributed by atoms with Crippen molar-refractivity contribution in [1.82, 2.24) is 0 Å². The molecule has 2 N–H and O–H groups in total. The maximum atomic E-state index is 12.1. The molecular weight excluding hydrogens is 269 g/mol. The van der Waals surface area contributed by atoms with Gasteiger partial charge < -0.3 is 5.73 Å². The molecule has 0 aliphatic carbocycles. The summed E-state index contributed by atoms with van der Waals surface area (Å²) in [5.41, 5.74) is 7.36. The number of halogens is 2. The number of anilines is 1. The first-order valence-corrected chi connectivity index (χ1v) is 6.16. The van der Waals surface area contributed by atoms with Gasteiger partial charge in [0.05, 0.1) is 0 Å². The summed E-state index contributed by atoms with van der Waals surface area (Å²) in [5, 5.41) is 0.982. The van der Waals surface area contributed by atoms with Crippen LogP contribution in [0.3, 0.4) is 0 Å². The lowest BCUT2D eigenvalue weighted by Gasteiger charge is -2.07. The molecule has 92 valence electrons. The van der Waals surface area contributed by atoms with Crippen molar-refractivity contribution in [3.63, 3.8) is 0 Å². The van der Waals surface area contributed by atoms with Crippen molar-refractivity contribution in [2.24, 2.45) is 0 Å². The van der Waals surface area contributed by atoms with Gasteiger partial charge >= 0.3 is 0 Å². The highest BCUT2D eigenvalue weighted by atomic mass is 35.5. The van der Waals surface area contributed by atoms with Crippen LogP contribution >= 0.6 is 23.2 Å². The molecule has 0 atom stereocenters. The van der Waals surface area contributed by atoms with E-state index in [2.05, 4.69) is 0 Å². The number of nitrogen functional groups attached to an aromatic ring is 1. The van der Waals surface area contributed by atoms with Gasteiger partial charge in [-0.05, 0) is 29.8 Å². The fraction of sp³-hybridized carbons (Fsp3) is 0.0714. The number of hydrogen-bond acceptors (Lipinski definition) is 2. The molecule has 0 saturated heterocycles. The lowest BCUT2D eigenvalue weighted by Crippen LogP contribution is -2.07. The molecule has 0 saturated carbocycles. The van der Waals surface area contributed by atoms with E-state index in [1.54, 1.807) is 42.5 Å². The average Bonchev–Trinajstić information content (AvgIpc) is 2.34. The number of para-hydroxylation sites is 1. The Hall–Kier alpha value is -1.51. The number of Topliss-reactive ketones (excluding diaryl/α,β-unsaturated/α-hetero) is 1. The number of rotatable bonds is 3. The van der Waals surface area contributed by atoms with E-state index in [1.165, 1.54) is 0 Å². The summed E-state index contributed by atoms with van der Waals surface area (Å²) in [6.07, 6.45) is 0.146.